The average molecular weight is 589 g/mol. The molecule has 1 saturated heterocycles. The van der Waals surface area contributed by atoms with Gasteiger partial charge in [-0.25, -0.2) is 14.8 Å². The molecule has 0 radical (unpaired) electrons. The fourth-order valence-corrected chi connectivity index (χ4v) is 5.33. The number of likely N-dealkylation sites (tertiary alicyclic amines) is 1. The molecule has 1 N–H and O–H groups in total. The first-order valence-electron chi connectivity index (χ1n) is 14.3. The Morgan fingerprint density at radius 1 is 1.00 bits per heavy atom. The van der Waals surface area contributed by atoms with Crippen LogP contribution in [-0.4, -0.2) is 82.7 Å². The second-order valence-electron chi connectivity index (χ2n) is 11.5. The summed E-state index contributed by atoms with van der Waals surface area (Å²) in [6.45, 7) is 7.75. The number of aromatic nitrogens is 4. The third kappa shape index (κ3) is 5.95. The monoisotopic (exact) mass is 588 g/mol. The highest BCUT2D eigenvalue weighted by Gasteiger charge is 2.28. The number of nitrogens with zero attached hydrogens (tertiary/aromatic N) is 5. The van der Waals surface area contributed by atoms with E-state index in [9.17, 15) is 4.79 Å². The predicted octanol–water partition coefficient (Wildman–Crippen LogP) is 5.08. The van der Waals surface area contributed by atoms with Gasteiger partial charge in [0.15, 0.2) is 23.0 Å². The van der Waals surface area contributed by atoms with E-state index in [-0.39, 0.29) is 12.1 Å². The molecule has 12 nitrogen and oxygen atoms in total. The molecule has 2 aromatic carbocycles. The Kier molecular flexibility index (Phi) is 7.59. The van der Waals surface area contributed by atoms with E-state index in [0.717, 1.165) is 23.9 Å². The van der Waals surface area contributed by atoms with Crippen LogP contribution >= 0.6 is 0 Å². The Bertz CT molecular complexity index is 1650. The third-order valence-corrected chi connectivity index (χ3v) is 7.24. The van der Waals surface area contributed by atoms with E-state index in [1.165, 1.54) is 0 Å². The number of nitrogens with one attached hydrogen (secondary N) is 1. The molecule has 0 saturated carbocycles. The van der Waals surface area contributed by atoms with Crippen molar-refractivity contribution in [3.8, 4) is 40.2 Å². The van der Waals surface area contributed by atoms with Crippen molar-refractivity contribution in [2.45, 2.75) is 45.3 Å². The quantitative estimate of drug-likeness (QED) is 0.326. The molecule has 0 spiro atoms. The summed E-state index contributed by atoms with van der Waals surface area (Å²) in [5, 5.41) is 3.43. The second-order valence-corrected chi connectivity index (χ2v) is 11.5. The number of hydrogen-bond donors (Lipinski definition) is 1. The largest absolute Gasteiger partial charge is 0.493 e. The van der Waals surface area contributed by atoms with Crippen molar-refractivity contribution in [3.05, 3.63) is 42.6 Å². The van der Waals surface area contributed by atoms with Gasteiger partial charge in [-0.3, -0.25) is 4.57 Å². The molecule has 4 heterocycles. The van der Waals surface area contributed by atoms with Crippen molar-refractivity contribution in [1.29, 1.82) is 0 Å². The van der Waals surface area contributed by atoms with Crippen LogP contribution in [0.25, 0.3) is 28.2 Å². The standard InChI is InChI=1S/C31H36N6O6/c1-31(2,3)43-30(38)36-12-6-7-20(18-36)33-29-32-11-10-27(35-29)37-22-17-25(40-5)24(39-4)16-21(22)34-28(37)19-8-9-23-26(15-19)42-14-13-41-23/h8-11,15-17,20H,6-7,12-14,18H2,1-5H3,(H,32,33,35). The van der Waals surface area contributed by atoms with E-state index in [0.29, 0.717) is 72.4 Å². The maximum atomic E-state index is 12.7. The predicted molar refractivity (Wildman–Crippen MR) is 161 cm³/mol. The van der Waals surface area contributed by atoms with Crippen LogP contribution in [0.3, 0.4) is 0 Å². The lowest BCUT2D eigenvalue weighted by Crippen LogP contribution is -2.47. The van der Waals surface area contributed by atoms with Gasteiger partial charge in [-0.1, -0.05) is 0 Å². The number of methoxy groups -OCH3 is 2. The minimum absolute atomic E-state index is 0.0299. The van der Waals surface area contributed by atoms with Gasteiger partial charge < -0.3 is 33.9 Å². The number of fused-ring (bicyclic) bond motifs is 2. The highest BCUT2D eigenvalue weighted by molar-refractivity contribution is 5.86. The number of anilines is 1. The maximum Gasteiger partial charge on any atom is 0.410 e. The average Bonchev–Trinajstić information content (AvgIpc) is 3.38. The molecule has 2 aliphatic rings. The lowest BCUT2D eigenvalue weighted by molar-refractivity contribution is 0.0206. The Labute approximate surface area is 249 Å². The zero-order chi connectivity index (χ0) is 30.1. The lowest BCUT2D eigenvalue weighted by atomic mass is 10.1. The number of carbonyl (C=O) groups is 1. The fraction of sp³-hybridized carbons (Fsp3) is 0.419. The van der Waals surface area contributed by atoms with Gasteiger partial charge >= 0.3 is 6.09 Å². The molecule has 2 aliphatic heterocycles. The Balaban J connectivity index is 1.37. The van der Waals surface area contributed by atoms with E-state index in [1.54, 1.807) is 25.3 Å². The summed E-state index contributed by atoms with van der Waals surface area (Å²) in [5.74, 6) is 4.21. The van der Waals surface area contributed by atoms with Crippen LogP contribution in [0.4, 0.5) is 10.7 Å². The smallest absolute Gasteiger partial charge is 0.410 e. The van der Waals surface area contributed by atoms with E-state index in [1.807, 2.05) is 61.7 Å². The summed E-state index contributed by atoms with van der Waals surface area (Å²) >= 11 is 0. The van der Waals surface area contributed by atoms with Crippen molar-refractivity contribution >= 4 is 23.1 Å². The van der Waals surface area contributed by atoms with E-state index >= 15 is 0 Å². The minimum atomic E-state index is -0.552. The number of benzene rings is 2. The van der Waals surface area contributed by atoms with Gasteiger partial charge in [-0.05, 0) is 57.9 Å². The van der Waals surface area contributed by atoms with Crippen LogP contribution in [0.2, 0.25) is 0 Å². The molecule has 6 rings (SSSR count). The zero-order valence-corrected chi connectivity index (χ0v) is 25.0. The van der Waals surface area contributed by atoms with Gasteiger partial charge in [0, 0.05) is 43.0 Å². The Hall–Kier alpha value is -4.74. The number of rotatable bonds is 6. The van der Waals surface area contributed by atoms with Crippen molar-refractivity contribution in [1.82, 2.24) is 24.4 Å². The van der Waals surface area contributed by atoms with Crippen LogP contribution in [0, 0.1) is 0 Å². The summed E-state index contributed by atoms with van der Waals surface area (Å²) in [6.07, 6.45) is 3.12. The molecule has 1 fully saturated rings. The number of amides is 1. The van der Waals surface area contributed by atoms with Crippen LogP contribution in [-0.2, 0) is 4.74 Å². The molecule has 226 valence electrons. The molecule has 1 amide bonds. The molecule has 43 heavy (non-hydrogen) atoms. The van der Waals surface area contributed by atoms with Crippen molar-refractivity contribution in [3.63, 3.8) is 0 Å². The van der Waals surface area contributed by atoms with Crippen LogP contribution in [0.5, 0.6) is 23.0 Å². The Morgan fingerprint density at radius 2 is 1.77 bits per heavy atom. The van der Waals surface area contributed by atoms with Gasteiger partial charge in [-0.15, -0.1) is 0 Å². The molecule has 0 bridgehead atoms. The SMILES string of the molecule is COc1cc2nc(-c3ccc4c(c3)OCCO4)n(-c3ccnc(NC4CCCN(C(=O)OC(C)(C)C)C4)n3)c2cc1OC. The number of hydrogen-bond acceptors (Lipinski definition) is 10. The van der Waals surface area contributed by atoms with Crippen molar-refractivity contribution in [2.24, 2.45) is 0 Å². The molecule has 12 heteroatoms. The van der Waals surface area contributed by atoms with Crippen molar-refractivity contribution in [2.75, 3.05) is 45.8 Å². The summed E-state index contributed by atoms with van der Waals surface area (Å²) in [7, 11) is 3.20. The second kappa shape index (κ2) is 11.5. The number of ether oxygens (including phenoxy) is 5. The van der Waals surface area contributed by atoms with Crippen LogP contribution < -0.4 is 24.3 Å². The molecular weight excluding hydrogens is 552 g/mol. The summed E-state index contributed by atoms with van der Waals surface area (Å²) in [5.41, 5.74) is 1.76. The van der Waals surface area contributed by atoms with E-state index in [2.05, 4.69) is 10.3 Å². The van der Waals surface area contributed by atoms with Crippen LogP contribution in [0.15, 0.2) is 42.6 Å². The molecule has 1 unspecified atom stereocenters. The lowest BCUT2D eigenvalue weighted by Gasteiger charge is -2.34. The number of piperidine rings is 1. The van der Waals surface area contributed by atoms with Crippen LogP contribution in [0.1, 0.15) is 33.6 Å². The fourth-order valence-electron chi connectivity index (χ4n) is 5.33. The summed E-state index contributed by atoms with van der Waals surface area (Å²) in [4.78, 5) is 28.8. The normalized spacial score (nSPS) is 16.6. The zero-order valence-electron chi connectivity index (χ0n) is 25.0. The van der Waals surface area contributed by atoms with Gasteiger partial charge in [0.2, 0.25) is 5.95 Å². The van der Waals surface area contributed by atoms with Crippen molar-refractivity contribution < 1.29 is 28.5 Å². The molecule has 1 atom stereocenters. The van der Waals surface area contributed by atoms with Gasteiger partial charge in [-0.2, -0.15) is 4.98 Å². The first kappa shape index (κ1) is 28.4. The molecular formula is C31H36N6O6. The Morgan fingerprint density at radius 3 is 2.53 bits per heavy atom. The number of imidazole rings is 1. The highest BCUT2D eigenvalue weighted by Crippen LogP contribution is 2.39. The molecule has 0 aliphatic carbocycles. The first-order chi connectivity index (χ1) is 20.7. The first-order valence-corrected chi connectivity index (χ1v) is 14.3. The van der Waals surface area contributed by atoms with Gasteiger partial charge in [0.25, 0.3) is 0 Å². The highest BCUT2D eigenvalue weighted by atomic mass is 16.6. The third-order valence-electron chi connectivity index (χ3n) is 7.24. The molecule has 2 aromatic heterocycles. The molecule has 4 aromatic rings. The maximum absolute atomic E-state index is 12.7. The number of carbonyl (C=O) groups excluding carboxylic acids is 1. The van der Waals surface area contributed by atoms with Gasteiger partial charge in [0.1, 0.15) is 30.5 Å². The summed E-state index contributed by atoms with van der Waals surface area (Å²) < 4.78 is 30.3. The van der Waals surface area contributed by atoms with E-state index in [4.69, 9.17) is 33.7 Å². The van der Waals surface area contributed by atoms with E-state index < -0.39 is 5.60 Å². The summed E-state index contributed by atoms with van der Waals surface area (Å²) in [6, 6.07) is 11.3. The minimum Gasteiger partial charge on any atom is -0.493 e. The topological polar surface area (TPSA) is 122 Å². The van der Waals surface area contributed by atoms with Gasteiger partial charge in [0.05, 0.1) is 25.3 Å².